The normalized spacial score (nSPS) is 10.9. The fraction of sp³-hybridized carbons (Fsp3) is 0.0625. The molecule has 0 bridgehead atoms. The van der Waals surface area contributed by atoms with Crippen LogP contribution in [0.1, 0.15) is 22.8 Å². The topological polar surface area (TPSA) is 79.5 Å². The molecule has 2 aromatic rings. The fourth-order valence-electron chi connectivity index (χ4n) is 1.82. The predicted molar refractivity (Wildman–Crippen MR) is 93.0 cm³/mol. The Morgan fingerprint density at radius 1 is 1.09 bits per heavy atom. The van der Waals surface area contributed by atoms with Gasteiger partial charge in [0.1, 0.15) is 0 Å². The number of carbonyl (C=O) groups is 1. The van der Waals surface area contributed by atoms with E-state index in [0.717, 1.165) is 5.56 Å². The minimum absolute atomic E-state index is 0.105. The van der Waals surface area contributed by atoms with Gasteiger partial charge in [-0.15, -0.1) is 0 Å². The number of nitrogens with one attached hydrogen (secondary N) is 2. The first-order valence-electron chi connectivity index (χ1n) is 6.63. The van der Waals surface area contributed by atoms with Gasteiger partial charge in [-0.3, -0.25) is 10.2 Å². The molecule has 0 atom stereocenters. The molecule has 112 valence electrons. The molecular weight excluding hydrogens is 296 g/mol. The highest BCUT2D eigenvalue weighted by atomic mass is 32.1. The third-order valence-corrected chi connectivity index (χ3v) is 3.00. The number of thiocarbonyl (C=S) groups is 1. The van der Waals surface area contributed by atoms with Gasteiger partial charge >= 0.3 is 0 Å². The van der Waals surface area contributed by atoms with Gasteiger partial charge in [-0.25, -0.2) is 0 Å². The molecule has 2 aromatic carbocycles. The summed E-state index contributed by atoms with van der Waals surface area (Å²) in [6.45, 7) is 1.82. The highest BCUT2D eigenvalue weighted by molar-refractivity contribution is 7.80. The highest BCUT2D eigenvalue weighted by Gasteiger charge is 2.06. The lowest BCUT2D eigenvalue weighted by Gasteiger charge is -2.08. The number of rotatable bonds is 4. The lowest BCUT2D eigenvalue weighted by Crippen LogP contribution is -2.25. The van der Waals surface area contributed by atoms with Gasteiger partial charge in [0.05, 0.1) is 5.71 Å². The Kier molecular flexibility index (Phi) is 5.21. The van der Waals surface area contributed by atoms with Gasteiger partial charge in [0, 0.05) is 11.3 Å². The van der Waals surface area contributed by atoms with Crippen LogP contribution in [-0.4, -0.2) is 16.7 Å². The van der Waals surface area contributed by atoms with E-state index in [1.807, 2.05) is 49.4 Å². The lowest BCUT2D eigenvalue weighted by molar-refractivity contribution is 0.102. The Balaban J connectivity index is 2.13. The van der Waals surface area contributed by atoms with Crippen LogP contribution in [0.25, 0.3) is 0 Å². The zero-order valence-electron chi connectivity index (χ0n) is 12.0. The molecule has 1 amide bonds. The van der Waals surface area contributed by atoms with Crippen LogP contribution in [0.15, 0.2) is 59.7 Å². The molecule has 0 aromatic heterocycles. The Morgan fingerprint density at radius 2 is 1.77 bits per heavy atom. The first-order valence-corrected chi connectivity index (χ1v) is 7.03. The third-order valence-electron chi connectivity index (χ3n) is 2.91. The van der Waals surface area contributed by atoms with E-state index in [-0.39, 0.29) is 11.0 Å². The molecule has 22 heavy (non-hydrogen) atoms. The van der Waals surface area contributed by atoms with Crippen LogP contribution in [0.3, 0.4) is 0 Å². The van der Waals surface area contributed by atoms with Crippen LogP contribution < -0.4 is 16.5 Å². The van der Waals surface area contributed by atoms with Gasteiger partial charge in [0.15, 0.2) is 5.11 Å². The second-order valence-corrected chi connectivity index (χ2v) is 5.01. The second kappa shape index (κ2) is 7.33. The molecule has 2 rings (SSSR count). The number of hydrogen-bond acceptors (Lipinski definition) is 3. The van der Waals surface area contributed by atoms with Crippen molar-refractivity contribution in [3.8, 4) is 0 Å². The summed E-state index contributed by atoms with van der Waals surface area (Å²) in [5.74, 6) is -0.159. The van der Waals surface area contributed by atoms with E-state index in [1.165, 1.54) is 0 Å². The van der Waals surface area contributed by atoms with Crippen molar-refractivity contribution in [2.75, 3.05) is 5.32 Å². The maximum atomic E-state index is 12.1. The summed E-state index contributed by atoms with van der Waals surface area (Å²) in [5, 5.41) is 7.02. The quantitative estimate of drug-likeness (QED) is 0.460. The number of benzene rings is 2. The lowest BCUT2D eigenvalue weighted by atomic mass is 10.1. The molecule has 0 spiro atoms. The van der Waals surface area contributed by atoms with Crippen LogP contribution >= 0.6 is 12.2 Å². The Labute approximate surface area is 134 Å². The van der Waals surface area contributed by atoms with E-state index in [0.29, 0.717) is 17.0 Å². The minimum atomic E-state index is -0.159. The molecule has 0 unspecified atom stereocenters. The summed E-state index contributed by atoms with van der Waals surface area (Å²) in [4.78, 5) is 12.1. The maximum absolute atomic E-state index is 12.1. The average Bonchev–Trinajstić information content (AvgIpc) is 2.53. The number of nitrogens with zero attached hydrogens (tertiary/aromatic N) is 1. The molecule has 0 aliphatic rings. The number of hydrazone groups is 1. The van der Waals surface area contributed by atoms with E-state index in [9.17, 15) is 4.79 Å². The monoisotopic (exact) mass is 312 g/mol. The zero-order chi connectivity index (χ0) is 15.9. The largest absolute Gasteiger partial charge is 0.375 e. The molecule has 6 heteroatoms. The number of amides is 1. The van der Waals surface area contributed by atoms with Crippen molar-refractivity contribution in [2.45, 2.75) is 6.92 Å². The Bertz CT molecular complexity index is 713. The highest BCUT2D eigenvalue weighted by Crippen LogP contribution is 2.13. The number of anilines is 1. The van der Waals surface area contributed by atoms with Crippen molar-refractivity contribution >= 4 is 34.6 Å². The van der Waals surface area contributed by atoms with Gasteiger partial charge in [0.25, 0.3) is 5.91 Å². The molecule has 0 heterocycles. The second-order valence-electron chi connectivity index (χ2n) is 4.57. The molecule has 0 radical (unpaired) electrons. The number of hydrogen-bond donors (Lipinski definition) is 3. The maximum Gasteiger partial charge on any atom is 0.255 e. The van der Waals surface area contributed by atoms with Crippen molar-refractivity contribution < 1.29 is 4.79 Å². The van der Waals surface area contributed by atoms with Gasteiger partial charge in [-0.2, -0.15) is 5.10 Å². The summed E-state index contributed by atoms with van der Waals surface area (Å²) in [6, 6.07) is 16.4. The van der Waals surface area contributed by atoms with E-state index < -0.39 is 0 Å². The molecule has 0 fully saturated rings. The van der Waals surface area contributed by atoms with Crippen LogP contribution in [0.4, 0.5) is 5.69 Å². The summed E-state index contributed by atoms with van der Waals surface area (Å²) in [7, 11) is 0. The summed E-state index contributed by atoms with van der Waals surface area (Å²) in [6.07, 6.45) is 0. The molecule has 0 saturated carbocycles. The van der Waals surface area contributed by atoms with Crippen LogP contribution in [0.2, 0.25) is 0 Å². The van der Waals surface area contributed by atoms with Crippen molar-refractivity contribution in [3.05, 3.63) is 65.7 Å². The standard InChI is InChI=1S/C16H16N4OS/c1-11(19-20-16(17)22)13-8-5-9-14(10-13)18-15(21)12-6-3-2-4-7-12/h2-10H,1H3,(H,18,21)(H3,17,20,22). The average molecular weight is 312 g/mol. The molecule has 4 N–H and O–H groups in total. The fourth-order valence-corrected chi connectivity index (χ4v) is 1.86. The summed E-state index contributed by atoms with van der Waals surface area (Å²) < 4.78 is 0. The van der Waals surface area contributed by atoms with E-state index in [1.54, 1.807) is 12.1 Å². The molecule has 0 saturated heterocycles. The first-order chi connectivity index (χ1) is 10.6. The minimum Gasteiger partial charge on any atom is -0.375 e. The molecule has 5 nitrogen and oxygen atoms in total. The molecule has 0 aliphatic carbocycles. The van der Waals surface area contributed by atoms with Crippen molar-refractivity contribution in [3.63, 3.8) is 0 Å². The zero-order valence-corrected chi connectivity index (χ0v) is 12.9. The Hall–Kier alpha value is -2.73. The third kappa shape index (κ3) is 4.39. The van der Waals surface area contributed by atoms with Gasteiger partial charge in [-0.1, -0.05) is 30.3 Å². The molecule has 0 aliphatic heterocycles. The van der Waals surface area contributed by atoms with E-state index >= 15 is 0 Å². The van der Waals surface area contributed by atoms with Gasteiger partial charge in [0.2, 0.25) is 0 Å². The van der Waals surface area contributed by atoms with Crippen molar-refractivity contribution in [2.24, 2.45) is 10.8 Å². The summed E-state index contributed by atoms with van der Waals surface area (Å²) >= 11 is 4.70. The first kappa shape index (κ1) is 15.7. The smallest absolute Gasteiger partial charge is 0.255 e. The van der Waals surface area contributed by atoms with Crippen LogP contribution in [-0.2, 0) is 0 Å². The van der Waals surface area contributed by atoms with Gasteiger partial charge in [-0.05, 0) is 49.0 Å². The van der Waals surface area contributed by atoms with Crippen molar-refractivity contribution in [1.29, 1.82) is 0 Å². The number of nitrogens with two attached hydrogens (primary N) is 1. The van der Waals surface area contributed by atoms with Crippen LogP contribution in [0, 0.1) is 0 Å². The number of carbonyl (C=O) groups excluding carboxylic acids is 1. The van der Waals surface area contributed by atoms with Gasteiger partial charge < -0.3 is 11.1 Å². The van der Waals surface area contributed by atoms with E-state index in [2.05, 4.69) is 15.8 Å². The van der Waals surface area contributed by atoms with E-state index in [4.69, 9.17) is 18.0 Å². The molecular formula is C16H16N4OS. The Morgan fingerprint density at radius 3 is 2.45 bits per heavy atom. The van der Waals surface area contributed by atoms with Crippen molar-refractivity contribution in [1.82, 2.24) is 5.43 Å². The van der Waals surface area contributed by atoms with Crippen LogP contribution in [0.5, 0.6) is 0 Å². The predicted octanol–water partition coefficient (Wildman–Crippen LogP) is 2.50. The SMILES string of the molecule is CC(=NNC(N)=S)c1cccc(NC(=O)c2ccccc2)c1. The summed E-state index contributed by atoms with van der Waals surface area (Å²) in [5.41, 5.74) is 10.7.